The molecule has 17 rings (SSSR count). The van der Waals surface area contributed by atoms with Crippen molar-refractivity contribution in [1.82, 2.24) is 68.0 Å². The van der Waals surface area contributed by atoms with Gasteiger partial charge in [-0.15, -0.1) is 11.3 Å². The number of nitrogen functional groups attached to an aromatic ring is 1. The molecule has 1 saturated heterocycles. The van der Waals surface area contributed by atoms with Crippen LogP contribution < -0.4 is 53.4 Å². The van der Waals surface area contributed by atoms with Crippen LogP contribution in [0.4, 0.5) is 31.9 Å². The summed E-state index contributed by atoms with van der Waals surface area (Å²) in [6.45, 7) is 9.97. The number of amides is 1. The van der Waals surface area contributed by atoms with Crippen LogP contribution in [0.3, 0.4) is 0 Å². The quantitative estimate of drug-likeness (QED) is 0.0584. The zero-order valence-electron chi connectivity index (χ0n) is 67.0. The van der Waals surface area contributed by atoms with Crippen LogP contribution in [0, 0.1) is 32.1 Å². The largest absolute Gasteiger partial charge is 0.481 e. The summed E-state index contributed by atoms with van der Waals surface area (Å²) in [6, 6.07) is 60.9. The Morgan fingerprint density at radius 3 is 1.48 bits per heavy atom. The molecule has 1 amide bonds. The monoisotopic (exact) mass is 1630 g/mol. The van der Waals surface area contributed by atoms with E-state index in [4.69, 9.17) is 20.2 Å². The molecule has 1 fully saturated rings. The van der Waals surface area contributed by atoms with E-state index in [1.807, 2.05) is 204 Å². The lowest BCUT2D eigenvalue weighted by Gasteiger charge is -2.38. The number of nitrogens with two attached hydrogens (primary N) is 1. The van der Waals surface area contributed by atoms with Gasteiger partial charge in [-0.3, -0.25) is 37.7 Å². The summed E-state index contributed by atoms with van der Waals surface area (Å²) in [4.78, 5) is 109. The first-order valence-corrected chi connectivity index (χ1v) is 39.3. The SMILES string of the molecule is COc1cc(-c2cccc3cc([C@H](C)Nc4nc(C)ncc4C(=O)N4CC(F)(F)C4)n(-c4ccccc4)c(=O)c23)ccn1.COc1ncc(-c2cccc3cc([C@H](C)Nc4nc(C)ncc4-c4csc(C)n4)n(-c4ccccc4)c(=O)c23)cn1.C[C@H](Nc1nccc(N)c1C#N)c1cc2cccc(-c3ccc(=O)n(C)c3)c2c(=O)n1-c1ccccc1. The molecule has 0 aliphatic carbocycles. The minimum atomic E-state index is -2.90. The molecule has 5 N–H and O–H groups in total. The molecule has 0 bridgehead atoms. The van der Waals surface area contributed by atoms with E-state index in [-0.39, 0.29) is 51.2 Å². The maximum atomic E-state index is 14.4. The number of aryl methyl sites for hydroxylation is 4. The number of rotatable bonds is 19. The average molecular weight is 1630 g/mol. The highest BCUT2D eigenvalue weighted by Gasteiger charge is 2.47. The Balaban J connectivity index is 0.000000142. The molecule has 1 aliphatic heterocycles. The molecule has 604 valence electrons. The number of carbonyl (C=O) groups is 1. The third-order valence-electron chi connectivity index (χ3n) is 20.6. The molecule has 6 aromatic carbocycles. The third kappa shape index (κ3) is 16.8. The van der Waals surface area contributed by atoms with Crippen molar-refractivity contribution in [3.05, 3.63) is 329 Å². The number of halogens is 2. The highest BCUT2D eigenvalue weighted by Crippen LogP contribution is 2.38. The van der Waals surface area contributed by atoms with Gasteiger partial charge in [-0.25, -0.2) is 53.6 Å². The molecule has 16 aromatic rings. The van der Waals surface area contributed by atoms with Crippen LogP contribution in [-0.2, 0) is 7.05 Å². The number of para-hydroxylation sites is 3. The number of nitriles is 1. The van der Waals surface area contributed by atoms with E-state index >= 15 is 0 Å². The number of hydrogen-bond acceptors (Lipinski definition) is 22. The first-order valence-electron chi connectivity index (χ1n) is 38.4. The summed E-state index contributed by atoms with van der Waals surface area (Å²) in [7, 11) is 4.74. The number of fused-ring (bicyclic) bond motifs is 3. The normalized spacial score (nSPS) is 12.8. The maximum absolute atomic E-state index is 14.4. The number of ether oxygens (including phenoxy) is 2. The van der Waals surface area contributed by atoms with Crippen molar-refractivity contribution in [1.29, 1.82) is 5.26 Å². The van der Waals surface area contributed by atoms with Gasteiger partial charge in [0.05, 0.1) is 83.5 Å². The van der Waals surface area contributed by atoms with Crippen LogP contribution in [0.2, 0.25) is 0 Å². The first-order chi connectivity index (χ1) is 58.5. The van der Waals surface area contributed by atoms with Crippen molar-refractivity contribution in [3.8, 4) is 79.7 Å². The number of benzene rings is 6. The number of anilines is 4. The second-order valence-electron chi connectivity index (χ2n) is 28.8. The van der Waals surface area contributed by atoms with Crippen LogP contribution in [0.1, 0.15) is 88.6 Å². The summed E-state index contributed by atoms with van der Waals surface area (Å²) in [5.41, 5.74) is 16.2. The van der Waals surface area contributed by atoms with Gasteiger partial charge >= 0.3 is 6.01 Å². The highest BCUT2D eigenvalue weighted by atomic mass is 32.1. The zero-order chi connectivity index (χ0) is 84.9. The van der Waals surface area contributed by atoms with E-state index in [1.165, 1.54) is 37.2 Å². The minimum absolute atomic E-state index is 0.0799. The summed E-state index contributed by atoms with van der Waals surface area (Å²) in [5.74, 6) is -0.814. The first kappa shape index (κ1) is 80.9. The molecule has 0 saturated carbocycles. The van der Waals surface area contributed by atoms with Gasteiger partial charge in [0.15, 0.2) is 0 Å². The van der Waals surface area contributed by atoms with Gasteiger partial charge in [0, 0.05) is 108 Å². The van der Waals surface area contributed by atoms with E-state index in [1.54, 1.807) is 88.2 Å². The molecular formula is C92H79F2N19O7S. The van der Waals surface area contributed by atoms with Crippen LogP contribution in [0.5, 0.6) is 11.9 Å². The number of carbonyl (C=O) groups excluding carboxylic acids is 1. The molecule has 0 radical (unpaired) electrons. The number of pyridine rings is 6. The number of aromatic nitrogens is 13. The fourth-order valence-electron chi connectivity index (χ4n) is 14.7. The smallest absolute Gasteiger partial charge is 0.316 e. The van der Waals surface area contributed by atoms with Crippen molar-refractivity contribution in [3.63, 3.8) is 0 Å². The standard InChI is InChI=1S/C32H28F2N6O3.C31H27N7O2S.C29H24N6O2/c1-19(37-29-25(16-36-20(2)38-29)30(41)39-17-32(33,34)18-39)26-14-22-8-7-11-24(21-12-13-35-27(15-21)43-3)28(22)31(42)40(26)23-9-5-4-6-10-23;1-18(35-29-25(16-32-19(2)36-29)26-17-41-20(3)37-26)27-13-21-9-8-12-24(22-14-33-31(40-4)34-15-22)28(21)30(39)38(27)23-10-6-5-7-11-23;1-18(33-28-23(16-30)24(31)13-14-32-28)25-15-19-7-6-10-22(20-11-12-26(36)34(2)17-20)27(19)29(37)35(25)21-8-4-3-5-9-21/h4-16,19H,17-18H2,1-3H3,(H,36,37,38);5-18H,1-4H3,(H,32,35,36);3-15,17-18H,1-2H3,(H3,31,32,33)/t19-;2*18-/m000/s1. The predicted octanol–water partition coefficient (Wildman–Crippen LogP) is 16.0. The molecule has 29 heteroatoms. The van der Waals surface area contributed by atoms with Gasteiger partial charge in [-0.1, -0.05) is 109 Å². The van der Waals surface area contributed by atoms with E-state index in [2.05, 4.69) is 68.0 Å². The van der Waals surface area contributed by atoms with Crippen molar-refractivity contribution in [2.24, 2.45) is 7.05 Å². The van der Waals surface area contributed by atoms with E-state index in [9.17, 15) is 38.0 Å². The molecule has 26 nitrogen and oxygen atoms in total. The average Bonchev–Trinajstić information content (AvgIpc) is 1.41. The van der Waals surface area contributed by atoms with Gasteiger partial charge in [0.2, 0.25) is 11.4 Å². The topological polar surface area (TPSA) is 329 Å². The molecule has 3 atom stereocenters. The second-order valence-corrected chi connectivity index (χ2v) is 29.9. The minimum Gasteiger partial charge on any atom is -0.481 e. The highest BCUT2D eigenvalue weighted by molar-refractivity contribution is 7.09. The molecule has 1 aliphatic rings. The maximum Gasteiger partial charge on any atom is 0.316 e. The number of hydrogen-bond donors (Lipinski definition) is 4. The number of likely N-dealkylation sites (tertiary alicyclic amines) is 1. The Labute approximate surface area is 695 Å². The van der Waals surface area contributed by atoms with Crippen molar-refractivity contribution < 1.29 is 23.0 Å². The lowest BCUT2D eigenvalue weighted by Crippen LogP contribution is -2.58. The van der Waals surface area contributed by atoms with Crippen molar-refractivity contribution >= 4 is 72.7 Å². The van der Waals surface area contributed by atoms with E-state index in [0.717, 1.165) is 76.7 Å². The Morgan fingerprint density at radius 1 is 0.521 bits per heavy atom. The van der Waals surface area contributed by atoms with Gasteiger partial charge in [-0.05, 0) is 158 Å². The number of nitrogens with one attached hydrogen (secondary N) is 3. The van der Waals surface area contributed by atoms with Crippen LogP contribution in [0.25, 0.3) is 94.0 Å². The fourth-order valence-corrected chi connectivity index (χ4v) is 15.3. The summed E-state index contributed by atoms with van der Waals surface area (Å²) < 4.78 is 44.0. The van der Waals surface area contributed by atoms with Crippen molar-refractivity contribution in [2.75, 3.05) is 49.0 Å². The molecule has 10 aromatic heterocycles. The molecule has 0 spiro atoms. The Kier molecular flexibility index (Phi) is 23.0. The van der Waals surface area contributed by atoms with Gasteiger partial charge < -0.3 is 40.6 Å². The van der Waals surface area contributed by atoms with Gasteiger partial charge in [0.25, 0.3) is 28.5 Å². The van der Waals surface area contributed by atoms with Crippen molar-refractivity contribution in [2.45, 2.75) is 65.6 Å². The Morgan fingerprint density at radius 2 is 1.00 bits per heavy atom. The van der Waals surface area contributed by atoms with Crippen LogP contribution in [-0.4, -0.2) is 107 Å². The summed E-state index contributed by atoms with van der Waals surface area (Å²) in [5, 5.41) is 26.6. The number of nitrogens with zero attached hydrogens (tertiary/aromatic N) is 15. The molecule has 121 heavy (non-hydrogen) atoms. The lowest BCUT2D eigenvalue weighted by molar-refractivity contribution is -0.113. The lowest BCUT2D eigenvalue weighted by atomic mass is 9.98. The molecule has 11 heterocycles. The Bertz CT molecular complexity index is 6940. The van der Waals surface area contributed by atoms with Crippen LogP contribution >= 0.6 is 11.3 Å². The zero-order valence-corrected chi connectivity index (χ0v) is 67.9. The summed E-state index contributed by atoms with van der Waals surface area (Å²) in [6.07, 6.45) is 11.4. The number of thiazole rings is 1. The van der Waals surface area contributed by atoms with Crippen LogP contribution in [0.15, 0.2) is 262 Å². The summed E-state index contributed by atoms with van der Waals surface area (Å²) >= 11 is 1.58. The fraction of sp³-hybridized carbons (Fsp3) is 0.163. The van der Waals surface area contributed by atoms with E-state index in [0.29, 0.717) is 79.2 Å². The number of methoxy groups -OCH3 is 2. The Hall–Kier alpha value is -15.3. The van der Waals surface area contributed by atoms with Gasteiger partial charge in [-0.2, -0.15) is 5.26 Å². The molecule has 0 unspecified atom stereocenters. The number of alkyl halides is 2. The predicted molar refractivity (Wildman–Crippen MR) is 466 cm³/mol. The van der Waals surface area contributed by atoms with Gasteiger partial charge in [0.1, 0.15) is 46.3 Å². The second kappa shape index (κ2) is 34.5. The molecular weight excluding hydrogens is 1550 g/mol. The third-order valence-corrected chi connectivity index (χ3v) is 21.4. The van der Waals surface area contributed by atoms with E-state index < -0.39 is 37.0 Å².